The maximum Gasteiger partial charge on any atom is 0.143 e. The van der Waals surface area contributed by atoms with Crippen LogP contribution in [0.15, 0.2) is 30.3 Å². The van der Waals surface area contributed by atoms with Crippen molar-refractivity contribution in [3.8, 4) is 0 Å². The summed E-state index contributed by atoms with van der Waals surface area (Å²) < 4.78 is 0. The van der Waals surface area contributed by atoms with Crippen LogP contribution in [0.2, 0.25) is 0 Å². The average molecular weight is 331 g/mol. The molecule has 0 radical (unpaired) electrons. The summed E-state index contributed by atoms with van der Waals surface area (Å²) in [6, 6.07) is 10.7. The first-order chi connectivity index (χ1) is 11.7. The second kappa shape index (κ2) is 12.9. The quantitative estimate of drug-likeness (QED) is 0.313. The van der Waals surface area contributed by atoms with Crippen LogP contribution in [0.1, 0.15) is 83.6 Å². The molecule has 1 aromatic rings. The maximum atomic E-state index is 11.8. The van der Waals surface area contributed by atoms with E-state index < -0.39 is 0 Å². The van der Waals surface area contributed by atoms with Crippen LogP contribution in [0.3, 0.4) is 0 Å². The van der Waals surface area contributed by atoms with Gasteiger partial charge >= 0.3 is 0 Å². The molecule has 0 N–H and O–H groups in total. The minimum absolute atomic E-state index is 0.128. The lowest BCUT2D eigenvalue weighted by Gasteiger charge is -2.12. The molecule has 1 aromatic carbocycles. The summed E-state index contributed by atoms with van der Waals surface area (Å²) in [5, 5.41) is 0. The lowest BCUT2D eigenvalue weighted by Crippen LogP contribution is -2.22. The molecule has 0 saturated heterocycles. The van der Waals surface area contributed by atoms with Gasteiger partial charge in [-0.25, -0.2) is 0 Å². The van der Waals surface area contributed by atoms with E-state index in [0.29, 0.717) is 12.8 Å². The summed E-state index contributed by atoms with van der Waals surface area (Å²) in [4.78, 5) is 23.7. The molecule has 0 aromatic heterocycles. The summed E-state index contributed by atoms with van der Waals surface area (Å²) in [5.41, 5.74) is 1.43. The Balaban J connectivity index is 2.03. The fraction of sp³-hybridized carbons (Fsp3) is 0.636. The zero-order valence-electron chi connectivity index (χ0n) is 15.6. The minimum atomic E-state index is -0.328. The number of benzene rings is 1. The Kier molecular flexibility index (Phi) is 11.1. The number of hydrogen-bond donors (Lipinski definition) is 0. The van der Waals surface area contributed by atoms with Crippen LogP contribution in [0.4, 0.5) is 0 Å². The molecular formula is C22H34O2. The van der Waals surface area contributed by atoms with Crippen LogP contribution in [0, 0.1) is 5.92 Å². The van der Waals surface area contributed by atoms with E-state index in [9.17, 15) is 9.59 Å². The Morgan fingerprint density at radius 2 is 1.25 bits per heavy atom. The highest BCUT2D eigenvalue weighted by Crippen LogP contribution is 2.17. The second-order valence-corrected chi connectivity index (χ2v) is 6.69. The average Bonchev–Trinajstić information content (AvgIpc) is 2.63. The Bertz CT molecular complexity index is 448. The summed E-state index contributed by atoms with van der Waals surface area (Å²) in [5.74, 6) is -0.0728. The molecule has 0 unspecified atom stereocenters. The van der Waals surface area contributed by atoms with Gasteiger partial charge in [-0.1, -0.05) is 82.7 Å². The van der Waals surface area contributed by atoms with Gasteiger partial charge in [0.15, 0.2) is 0 Å². The zero-order valence-corrected chi connectivity index (χ0v) is 15.6. The molecule has 0 spiro atoms. The Morgan fingerprint density at radius 3 is 1.79 bits per heavy atom. The number of carbonyl (C=O) groups is 2. The van der Waals surface area contributed by atoms with E-state index in [0.717, 1.165) is 19.3 Å². The van der Waals surface area contributed by atoms with Crippen molar-refractivity contribution >= 4 is 11.6 Å². The largest absolute Gasteiger partial charge is 0.299 e. The van der Waals surface area contributed by atoms with Gasteiger partial charge < -0.3 is 0 Å². The second-order valence-electron chi connectivity index (χ2n) is 6.69. The molecule has 0 amide bonds. The van der Waals surface area contributed by atoms with Crippen LogP contribution < -0.4 is 0 Å². The zero-order chi connectivity index (χ0) is 17.6. The van der Waals surface area contributed by atoms with Crippen molar-refractivity contribution in [2.24, 2.45) is 5.92 Å². The van der Waals surface area contributed by atoms with E-state index in [4.69, 9.17) is 0 Å². The van der Waals surface area contributed by atoms with Gasteiger partial charge in [-0.2, -0.15) is 0 Å². The predicted octanol–water partition coefficient (Wildman–Crippen LogP) is 5.92. The third-order valence-electron chi connectivity index (χ3n) is 4.78. The van der Waals surface area contributed by atoms with Crippen LogP contribution in [0.25, 0.3) is 0 Å². The van der Waals surface area contributed by atoms with Gasteiger partial charge in [0.2, 0.25) is 0 Å². The van der Waals surface area contributed by atoms with E-state index >= 15 is 0 Å². The molecule has 0 heterocycles. The van der Waals surface area contributed by atoms with Crippen LogP contribution in [-0.4, -0.2) is 11.6 Å². The fourth-order valence-electron chi connectivity index (χ4n) is 3.20. The highest BCUT2D eigenvalue weighted by atomic mass is 16.1. The number of aryl methyl sites for hydroxylation is 1. The van der Waals surface area contributed by atoms with Gasteiger partial charge in [0.25, 0.3) is 0 Å². The van der Waals surface area contributed by atoms with Crippen LogP contribution >= 0.6 is 0 Å². The number of rotatable bonds is 14. The third kappa shape index (κ3) is 8.42. The summed E-state index contributed by atoms with van der Waals surface area (Å²) in [6.07, 6.45) is 11.4. The maximum absolute atomic E-state index is 11.8. The monoisotopic (exact) mass is 330 g/mol. The lowest BCUT2D eigenvalue weighted by molar-refractivity contribution is -0.132. The molecule has 0 fully saturated rings. The van der Waals surface area contributed by atoms with E-state index in [-0.39, 0.29) is 17.5 Å². The standard InChI is InChI=1S/C22H34O2/c1-3-21(23)20(22(24)4-2)18-14-9-7-5-6-8-11-15-19-16-12-10-13-17-19/h10,12-13,16-17,20H,3-9,11,14-15,18H2,1-2H3. The molecule has 2 heteroatoms. The number of ketones is 2. The molecule has 134 valence electrons. The summed E-state index contributed by atoms with van der Waals surface area (Å²) in [6.45, 7) is 3.71. The van der Waals surface area contributed by atoms with Crippen molar-refractivity contribution in [2.75, 3.05) is 0 Å². The van der Waals surface area contributed by atoms with E-state index in [1.54, 1.807) is 0 Å². The van der Waals surface area contributed by atoms with Gasteiger partial charge in [0.1, 0.15) is 11.6 Å². The SMILES string of the molecule is CCC(=O)C(CCCCCCCCCc1ccccc1)C(=O)CC. The smallest absolute Gasteiger partial charge is 0.143 e. The first-order valence-corrected chi connectivity index (χ1v) is 9.78. The normalized spacial score (nSPS) is 11.0. The molecule has 2 nitrogen and oxygen atoms in total. The van der Waals surface area contributed by atoms with E-state index in [2.05, 4.69) is 30.3 Å². The molecule has 24 heavy (non-hydrogen) atoms. The Morgan fingerprint density at radius 1 is 0.750 bits per heavy atom. The van der Waals surface area contributed by atoms with Crippen molar-refractivity contribution < 1.29 is 9.59 Å². The number of Topliss-reactive ketones (excluding diaryl/α,β-unsaturated/α-hetero) is 2. The molecule has 0 bridgehead atoms. The van der Waals surface area contributed by atoms with E-state index in [1.807, 2.05) is 13.8 Å². The van der Waals surface area contributed by atoms with Crippen molar-refractivity contribution in [1.82, 2.24) is 0 Å². The summed E-state index contributed by atoms with van der Waals surface area (Å²) in [7, 11) is 0. The molecule has 1 rings (SSSR count). The number of carbonyl (C=O) groups excluding carboxylic acids is 2. The van der Waals surface area contributed by atoms with Gasteiger partial charge in [-0.3, -0.25) is 9.59 Å². The van der Waals surface area contributed by atoms with Crippen molar-refractivity contribution in [1.29, 1.82) is 0 Å². The molecule has 0 atom stereocenters. The predicted molar refractivity (Wildman–Crippen MR) is 101 cm³/mol. The van der Waals surface area contributed by atoms with Gasteiger partial charge in [-0.05, 0) is 24.8 Å². The van der Waals surface area contributed by atoms with Gasteiger partial charge in [0, 0.05) is 12.8 Å². The van der Waals surface area contributed by atoms with Crippen molar-refractivity contribution in [2.45, 2.75) is 84.5 Å². The van der Waals surface area contributed by atoms with E-state index in [1.165, 1.54) is 44.1 Å². The number of unbranched alkanes of at least 4 members (excludes halogenated alkanes) is 6. The van der Waals surface area contributed by atoms with Crippen molar-refractivity contribution in [3.05, 3.63) is 35.9 Å². The molecular weight excluding hydrogens is 296 g/mol. The number of hydrogen-bond acceptors (Lipinski definition) is 2. The highest BCUT2D eigenvalue weighted by molar-refractivity contribution is 6.02. The fourth-order valence-corrected chi connectivity index (χ4v) is 3.20. The van der Waals surface area contributed by atoms with Gasteiger partial charge in [0.05, 0.1) is 5.92 Å². The molecule has 0 saturated carbocycles. The van der Waals surface area contributed by atoms with Crippen LogP contribution in [0.5, 0.6) is 0 Å². The Hall–Kier alpha value is -1.44. The first kappa shape index (κ1) is 20.6. The lowest BCUT2D eigenvalue weighted by atomic mass is 9.90. The minimum Gasteiger partial charge on any atom is -0.299 e. The van der Waals surface area contributed by atoms with Crippen LogP contribution in [-0.2, 0) is 16.0 Å². The highest BCUT2D eigenvalue weighted by Gasteiger charge is 2.22. The molecule has 0 aliphatic carbocycles. The summed E-state index contributed by atoms with van der Waals surface area (Å²) >= 11 is 0. The third-order valence-corrected chi connectivity index (χ3v) is 4.78. The topological polar surface area (TPSA) is 34.1 Å². The first-order valence-electron chi connectivity index (χ1n) is 9.78. The molecule has 0 aliphatic heterocycles. The molecule has 0 aliphatic rings. The van der Waals surface area contributed by atoms with Gasteiger partial charge in [-0.15, -0.1) is 0 Å². The van der Waals surface area contributed by atoms with Crippen molar-refractivity contribution in [3.63, 3.8) is 0 Å². The Labute approximate surface area is 148 Å².